The summed E-state index contributed by atoms with van der Waals surface area (Å²) in [4.78, 5) is 4.70. The molecule has 0 aromatic carbocycles. The zero-order chi connectivity index (χ0) is 9.68. The van der Waals surface area contributed by atoms with E-state index in [-0.39, 0.29) is 0 Å². The molecule has 0 atom stereocenters. The normalized spacial score (nSPS) is 20.5. The van der Waals surface area contributed by atoms with Crippen LogP contribution in [-0.4, -0.2) is 49.6 Å². The Kier molecular flexibility index (Phi) is 4.20. The molecule has 0 bridgehead atoms. The van der Waals surface area contributed by atoms with Crippen molar-refractivity contribution in [3.05, 3.63) is 0 Å². The van der Waals surface area contributed by atoms with Crippen molar-refractivity contribution in [2.75, 3.05) is 33.7 Å². The standard InChI is InChI=1S/C10H19N3/c1-12(2)10-4-8-13(9-5-10)7-3-6-11/h10H,3-5,7-9H2,1-2H3. The van der Waals surface area contributed by atoms with Crippen molar-refractivity contribution in [1.82, 2.24) is 9.80 Å². The Hall–Kier alpha value is -0.590. The van der Waals surface area contributed by atoms with E-state index in [1.165, 1.54) is 12.8 Å². The van der Waals surface area contributed by atoms with E-state index < -0.39 is 0 Å². The minimum Gasteiger partial charge on any atom is -0.306 e. The molecule has 3 heteroatoms. The molecule has 1 saturated heterocycles. The van der Waals surface area contributed by atoms with Gasteiger partial charge in [-0.15, -0.1) is 0 Å². The monoisotopic (exact) mass is 181 g/mol. The summed E-state index contributed by atoms with van der Waals surface area (Å²) in [5.41, 5.74) is 0. The summed E-state index contributed by atoms with van der Waals surface area (Å²) in [5.74, 6) is 0. The van der Waals surface area contributed by atoms with Gasteiger partial charge in [-0.1, -0.05) is 0 Å². The van der Waals surface area contributed by atoms with Crippen molar-refractivity contribution in [2.45, 2.75) is 25.3 Å². The summed E-state index contributed by atoms with van der Waals surface area (Å²) in [6.45, 7) is 3.27. The maximum absolute atomic E-state index is 8.45. The van der Waals surface area contributed by atoms with Crippen LogP contribution < -0.4 is 0 Å². The Labute approximate surface area is 80.9 Å². The SMILES string of the molecule is CN(C)C1CCN(CCC#N)CC1. The Morgan fingerprint density at radius 1 is 1.38 bits per heavy atom. The van der Waals surface area contributed by atoms with Crippen LogP contribution in [0.15, 0.2) is 0 Å². The molecular weight excluding hydrogens is 162 g/mol. The second kappa shape index (κ2) is 5.21. The van der Waals surface area contributed by atoms with Crippen molar-refractivity contribution in [2.24, 2.45) is 0 Å². The Morgan fingerprint density at radius 2 is 2.00 bits per heavy atom. The number of nitrogens with zero attached hydrogens (tertiary/aromatic N) is 3. The predicted molar refractivity (Wildman–Crippen MR) is 53.4 cm³/mol. The molecule has 1 rings (SSSR count). The molecule has 1 aliphatic heterocycles. The molecule has 0 amide bonds. The third-order valence-electron chi connectivity index (χ3n) is 2.83. The van der Waals surface area contributed by atoms with Crippen LogP contribution in [0.25, 0.3) is 0 Å². The fourth-order valence-corrected chi connectivity index (χ4v) is 1.87. The maximum Gasteiger partial charge on any atom is 0.0635 e. The molecule has 0 aromatic heterocycles. The van der Waals surface area contributed by atoms with E-state index in [1.807, 2.05) is 0 Å². The molecule has 0 radical (unpaired) electrons. The molecule has 0 aliphatic carbocycles. The number of hydrogen-bond donors (Lipinski definition) is 0. The summed E-state index contributed by atoms with van der Waals surface area (Å²) in [5, 5.41) is 8.45. The molecule has 0 aromatic rings. The number of likely N-dealkylation sites (tertiary alicyclic amines) is 1. The predicted octanol–water partition coefficient (Wildman–Crippen LogP) is 0.926. The summed E-state index contributed by atoms with van der Waals surface area (Å²) in [6.07, 6.45) is 3.17. The third kappa shape index (κ3) is 3.33. The zero-order valence-corrected chi connectivity index (χ0v) is 8.66. The minimum atomic E-state index is 0.673. The van der Waals surface area contributed by atoms with Crippen molar-refractivity contribution in [3.8, 4) is 6.07 Å². The largest absolute Gasteiger partial charge is 0.306 e. The number of rotatable bonds is 3. The first-order valence-corrected chi connectivity index (χ1v) is 4.99. The van der Waals surface area contributed by atoms with E-state index in [2.05, 4.69) is 30.0 Å². The molecule has 74 valence electrons. The molecular formula is C10H19N3. The highest BCUT2D eigenvalue weighted by molar-refractivity contribution is 4.79. The van der Waals surface area contributed by atoms with Crippen molar-refractivity contribution in [1.29, 1.82) is 5.26 Å². The molecule has 0 unspecified atom stereocenters. The molecule has 0 N–H and O–H groups in total. The van der Waals surface area contributed by atoms with E-state index in [1.54, 1.807) is 0 Å². The molecule has 0 saturated carbocycles. The molecule has 13 heavy (non-hydrogen) atoms. The topological polar surface area (TPSA) is 30.3 Å². The fourth-order valence-electron chi connectivity index (χ4n) is 1.87. The molecule has 1 heterocycles. The van der Waals surface area contributed by atoms with Crippen LogP contribution in [0.2, 0.25) is 0 Å². The van der Waals surface area contributed by atoms with Crippen LogP contribution in [-0.2, 0) is 0 Å². The lowest BCUT2D eigenvalue weighted by Gasteiger charge is -2.34. The minimum absolute atomic E-state index is 0.673. The van der Waals surface area contributed by atoms with E-state index in [4.69, 9.17) is 5.26 Å². The van der Waals surface area contributed by atoms with Crippen molar-refractivity contribution in [3.63, 3.8) is 0 Å². The third-order valence-corrected chi connectivity index (χ3v) is 2.83. The van der Waals surface area contributed by atoms with Gasteiger partial charge >= 0.3 is 0 Å². The van der Waals surface area contributed by atoms with Crippen LogP contribution in [0.4, 0.5) is 0 Å². The van der Waals surface area contributed by atoms with E-state index >= 15 is 0 Å². The van der Waals surface area contributed by atoms with Crippen LogP contribution >= 0.6 is 0 Å². The van der Waals surface area contributed by atoms with Gasteiger partial charge < -0.3 is 9.80 Å². The van der Waals surface area contributed by atoms with Gasteiger partial charge in [-0.2, -0.15) is 5.26 Å². The lowest BCUT2D eigenvalue weighted by atomic mass is 10.0. The van der Waals surface area contributed by atoms with E-state index in [0.717, 1.165) is 25.7 Å². The summed E-state index contributed by atoms with van der Waals surface area (Å²) < 4.78 is 0. The van der Waals surface area contributed by atoms with Gasteiger partial charge in [0.15, 0.2) is 0 Å². The van der Waals surface area contributed by atoms with Gasteiger partial charge in [0.1, 0.15) is 0 Å². The number of piperidine rings is 1. The van der Waals surface area contributed by atoms with Gasteiger partial charge in [0.2, 0.25) is 0 Å². The van der Waals surface area contributed by atoms with Gasteiger partial charge in [0, 0.05) is 19.0 Å². The molecule has 0 spiro atoms. The Morgan fingerprint density at radius 3 is 2.46 bits per heavy atom. The first-order valence-electron chi connectivity index (χ1n) is 4.99. The highest BCUT2D eigenvalue weighted by atomic mass is 15.2. The summed E-state index contributed by atoms with van der Waals surface area (Å²) in [7, 11) is 4.30. The second-order valence-corrected chi connectivity index (χ2v) is 3.94. The van der Waals surface area contributed by atoms with Gasteiger partial charge in [-0.25, -0.2) is 0 Å². The van der Waals surface area contributed by atoms with Crippen molar-refractivity contribution >= 4 is 0 Å². The highest BCUT2D eigenvalue weighted by Gasteiger charge is 2.19. The van der Waals surface area contributed by atoms with Crippen LogP contribution in [0, 0.1) is 11.3 Å². The molecule has 1 aliphatic rings. The quantitative estimate of drug-likeness (QED) is 0.649. The first kappa shape index (κ1) is 10.5. The smallest absolute Gasteiger partial charge is 0.0635 e. The van der Waals surface area contributed by atoms with Crippen LogP contribution in [0.3, 0.4) is 0 Å². The van der Waals surface area contributed by atoms with E-state index in [0.29, 0.717) is 6.42 Å². The fraction of sp³-hybridized carbons (Fsp3) is 0.900. The first-order chi connectivity index (χ1) is 6.24. The van der Waals surface area contributed by atoms with Crippen LogP contribution in [0.5, 0.6) is 0 Å². The van der Waals surface area contributed by atoms with Crippen molar-refractivity contribution < 1.29 is 0 Å². The zero-order valence-electron chi connectivity index (χ0n) is 8.66. The second-order valence-electron chi connectivity index (χ2n) is 3.94. The van der Waals surface area contributed by atoms with Gasteiger partial charge in [-0.05, 0) is 40.0 Å². The average molecular weight is 181 g/mol. The van der Waals surface area contributed by atoms with Gasteiger partial charge in [0.05, 0.1) is 6.07 Å². The molecule has 3 nitrogen and oxygen atoms in total. The van der Waals surface area contributed by atoms with Gasteiger partial charge in [-0.3, -0.25) is 0 Å². The maximum atomic E-state index is 8.45. The number of hydrogen-bond acceptors (Lipinski definition) is 3. The highest BCUT2D eigenvalue weighted by Crippen LogP contribution is 2.13. The Balaban J connectivity index is 2.19. The van der Waals surface area contributed by atoms with Gasteiger partial charge in [0.25, 0.3) is 0 Å². The lowest BCUT2D eigenvalue weighted by Crippen LogP contribution is -2.42. The molecule has 1 fully saturated rings. The average Bonchev–Trinajstić information content (AvgIpc) is 2.15. The lowest BCUT2D eigenvalue weighted by molar-refractivity contribution is 0.147. The summed E-state index contributed by atoms with van der Waals surface area (Å²) in [6, 6.07) is 2.95. The number of nitriles is 1. The Bertz CT molecular complexity index is 175. The van der Waals surface area contributed by atoms with Crippen LogP contribution in [0.1, 0.15) is 19.3 Å². The summed E-state index contributed by atoms with van der Waals surface area (Å²) >= 11 is 0. The van der Waals surface area contributed by atoms with E-state index in [9.17, 15) is 0 Å².